The number of amides is 1. The van der Waals surface area contributed by atoms with Crippen LogP contribution in [-0.4, -0.2) is 39.5 Å². The van der Waals surface area contributed by atoms with Gasteiger partial charge in [0, 0.05) is 37.8 Å². The second-order valence-electron chi connectivity index (χ2n) is 7.18. The second kappa shape index (κ2) is 7.88. The van der Waals surface area contributed by atoms with Crippen molar-refractivity contribution in [3.63, 3.8) is 0 Å². The molecule has 0 saturated carbocycles. The zero-order chi connectivity index (χ0) is 19.5. The fourth-order valence-corrected chi connectivity index (χ4v) is 3.80. The fraction of sp³-hybridized carbons (Fsp3) is 0.333. The molecule has 1 aromatic heterocycles. The van der Waals surface area contributed by atoms with Crippen molar-refractivity contribution in [2.75, 3.05) is 18.4 Å². The summed E-state index contributed by atoms with van der Waals surface area (Å²) in [4.78, 5) is 29.5. The lowest BCUT2D eigenvalue weighted by Gasteiger charge is -2.34. The summed E-state index contributed by atoms with van der Waals surface area (Å²) in [5.74, 6) is -0.221. The van der Waals surface area contributed by atoms with E-state index < -0.39 is 0 Å². The Morgan fingerprint density at radius 2 is 1.96 bits per heavy atom. The number of hydrogen-bond donors (Lipinski definition) is 2. The van der Waals surface area contributed by atoms with Crippen LogP contribution in [0.5, 0.6) is 0 Å². The monoisotopic (exact) mass is 382 g/mol. The van der Waals surface area contributed by atoms with Gasteiger partial charge in [-0.2, -0.15) is 0 Å². The van der Waals surface area contributed by atoms with Crippen LogP contribution >= 0.6 is 0 Å². The van der Waals surface area contributed by atoms with Gasteiger partial charge in [0.15, 0.2) is 0 Å². The topological polar surface area (TPSA) is 70.1 Å². The van der Waals surface area contributed by atoms with Crippen LogP contribution in [0, 0.1) is 5.82 Å². The molecule has 1 saturated heterocycles. The number of para-hydroxylation sites is 2. The van der Waals surface area contributed by atoms with Crippen molar-refractivity contribution in [1.82, 2.24) is 14.5 Å². The number of H-pyrrole nitrogens is 1. The highest BCUT2D eigenvalue weighted by Crippen LogP contribution is 2.18. The van der Waals surface area contributed by atoms with Crippen LogP contribution in [0.3, 0.4) is 0 Å². The molecule has 0 aliphatic carbocycles. The molecule has 0 bridgehead atoms. The zero-order valence-electron chi connectivity index (χ0n) is 15.5. The lowest BCUT2D eigenvalue weighted by Crippen LogP contribution is -2.45. The number of fused-ring (bicyclic) bond motifs is 1. The smallest absolute Gasteiger partial charge is 0.326 e. The number of likely N-dealkylation sites (tertiary alicyclic amines) is 1. The number of benzene rings is 2. The summed E-state index contributed by atoms with van der Waals surface area (Å²) in [6, 6.07) is 13.9. The second-order valence-corrected chi connectivity index (χ2v) is 7.18. The van der Waals surface area contributed by atoms with Gasteiger partial charge in [-0.1, -0.05) is 12.1 Å². The Morgan fingerprint density at radius 3 is 2.79 bits per heavy atom. The molecule has 146 valence electrons. The molecule has 3 aromatic rings. The number of aromatic nitrogens is 2. The van der Waals surface area contributed by atoms with Crippen LogP contribution in [0.2, 0.25) is 0 Å². The summed E-state index contributed by atoms with van der Waals surface area (Å²) in [5, 5.41) is 3.38. The summed E-state index contributed by atoms with van der Waals surface area (Å²) in [6.45, 7) is 1.69. The Hall–Kier alpha value is -3.09. The number of nitrogens with zero attached hydrogens (tertiary/aromatic N) is 2. The molecule has 2 N–H and O–H groups in total. The third kappa shape index (κ3) is 3.93. The molecule has 1 aliphatic heterocycles. The maximum Gasteiger partial charge on any atom is 0.326 e. The van der Waals surface area contributed by atoms with Crippen LogP contribution in [0.4, 0.5) is 10.1 Å². The van der Waals surface area contributed by atoms with Crippen molar-refractivity contribution in [1.29, 1.82) is 0 Å². The van der Waals surface area contributed by atoms with E-state index in [1.807, 2.05) is 29.2 Å². The minimum atomic E-state index is -0.265. The molecule has 0 radical (unpaired) electrons. The molecule has 2 aromatic carbocycles. The molecule has 1 aliphatic rings. The Balaban J connectivity index is 1.37. The fourth-order valence-electron chi connectivity index (χ4n) is 3.80. The largest absolute Gasteiger partial charge is 0.381 e. The van der Waals surface area contributed by atoms with Gasteiger partial charge < -0.3 is 15.2 Å². The average Bonchev–Trinajstić information content (AvgIpc) is 3.03. The number of piperidine rings is 1. The van der Waals surface area contributed by atoms with E-state index in [4.69, 9.17) is 0 Å². The first kappa shape index (κ1) is 18.3. The van der Waals surface area contributed by atoms with Gasteiger partial charge in [-0.05, 0) is 49.2 Å². The van der Waals surface area contributed by atoms with E-state index in [-0.39, 0.29) is 29.9 Å². The summed E-state index contributed by atoms with van der Waals surface area (Å²) in [6.07, 6.45) is 2.16. The molecule has 1 atom stereocenters. The molecule has 1 fully saturated rings. The molecule has 6 nitrogen and oxygen atoms in total. The molecular weight excluding hydrogens is 359 g/mol. The van der Waals surface area contributed by atoms with E-state index in [1.165, 1.54) is 12.1 Å². The Labute approximate surface area is 162 Å². The summed E-state index contributed by atoms with van der Waals surface area (Å²) < 4.78 is 14.7. The summed E-state index contributed by atoms with van der Waals surface area (Å²) in [7, 11) is 0. The predicted octanol–water partition coefficient (Wildman–Crippen LogP) is 2.96. The molecule has 4 rings (SSSR count). The van der Waals surface area contributed by atoms with Crippen molar-refractivity contribution < 1.29 is 9.18 Å². The summed E-state index contributed by atoms with van der Waals surface area (Å²) in [5.41, 5.74) is 2.26. The maximum absolute atomic E-state index is 13.1. The first-order valence-electron chi connectivity index (χ1n) is 9.57. The predicted molar refractivity (Wildman–Crippen MR) is 107 cm³/mol. The van der Waals surface area contributed by atoms with Gasteiger partial charge in [0.1, 0.15) is 5.82 Å². The van der Waals surface area contributed by atoms with Crippen molar-refractivity contribution in [3.8, 4) is 0 Å². The minimum absolute atomic E-state index is 0.0442. The number of carbonyl (C=O) groups excluding carboxylic acids is 1. The molecule has 0 spiro atoms. The molecule has 28 heavy (non-hydrogen) atoms. The number of aromatic amines is 1. The first-order valence-corrected chi connectivity index (χ1v) is 9.57. The molecule has 0 unspecified atom stereocenters. The Morgan fingerprint density at radius 1 is 1.18 bits per heavy atom. The van der Waals surface area contributed by atoms with E-state index in [0.717, 1.165) is 36.1 Å². The quantitative estimate of drug-likeness (QED) is 0.713. The van der Waals surface area contributed by atoms with Crippen molar-refractivity contribution in [2.24, 2.45) is 0 Å². The SMILES string of the molecule is O=C(CCn1c(=O)[nH]c2ccccc21)N1CCC[C@@H](Nc2ccc(F)cc2)C1. The van der Waals surface area contributed by atoms with Crippen LogP contribution in [0.1, 0.15) is 19.3 Å². The normalized spacial score (nSPS) is 17.0. The molecule has 1 amide bonds. The average molecular weight is 382 g/mol. The van der Waals surface area contributed by atoms with E-state index >= 15 is 0 Å². The van der Waals surface area contributed by atoms with Crippen LogP contribution in [0.15, 0.2) is 53.3 Å². The van der Waals surface area contributed by atoms with E-state index in [0.29, 0.717) is 13.1 Å². The third-order valence-electron chi connectivity index (χ3n) is 5.22. The number of hydrogen-bond acceptors (Lipinski definition) is 3. The standard InChI is InChI=1S/C21H23FN4O2/c22-15-7-9-16(10-8-15)23-17-4-3-12-25(14-17)20(27)11-13-26-19-6-2-1-5-18(19)24-21(26)28/h1-2,5-10,17,23H,3-4,11-14H2,(H,24,28)/t17-/m1/s1. The summed E-state index contributed by atoms with van der Waals surface area (Å²) >= 11 is 0. The number of anilines is 1. The van der Waals surface area contributed by atoms with E-state index in [2.05, 4.69) is 10.3 Å². The highest BCUT2D eigenvalue weighted by Gasteiger charge is 2.23. The first-order chi connectivity index (χ1) is 13.6. The molecule has 7 heteroatoms. The van der Waals surface area contributed by atoms with Gasteiger partial charge in [0.2, 0.25) is 5.91 Å². The number of aryl methyl sites for hydroxylation is 1. The van der Waals surface area contributed by atoms with Crippen LogP contribution < -0.4 is 11.0 Å². The third-order valence-corrected chi connectivity index (χ3v) is 5.22. The van der Waals surface area contributed by atoms with E-state index in [1.54, 1.807) is 16.7 Å². The lowest BCUT2D eigenvalue weighted by molar-refractivity contribution is -0.132. The minimum Gasteiger partial charge on any atom is -0.381 e. The van der Waals surface area contributed by atoms with Crippen LogP contribution in [-0.2, 0) is 11.3 Å². The van der Waals surface area contributed by atoms with Gasteiger partial charge in [-0.25, -0.2) is 9.18 Å². The van der Waals surface area contributed by atoms with E-state index in [9.17, 15) is 14.0 Å². The van der Waals surface area contributed by atoms with Crippen LogP contribution in [0.25, 0.3) is 11.0 Å². The number of carbonyl (C=O) groups is 1. The number of halogens is 1. The van der Waals surface area contributed by atoms with Gasteiger partial charge in [0.25, 0.3) is 0 Å². The van der Waals surface area contributed by atoms with Crippen molar-refractivity contribution >= 4 is 22.6 Å². The molecular formula is C21H23FN4O2. The van der Waals surface area contributed by atoms with Gasteiger partial charge in [0.05, 0.1) is 11.0 Å². The lowest BCUT2D eigenvalue weighted by atomic mass is 10.0. The molecule has 2 heterocycles. The Bertz CT molecular complexity index is 1020. The van der Waals surface area contributed by atoms with Gasteiger partial charge in [-0.15, -0.1) is 0 Å². The number of rotatable bonds is 5. The number of imidazole rings is 1. The van der Waals surface area contributed by atoms with Gasteiger partial charge in [-0.3, -0.25) is 9.36 Å². The van der Waals surface area contributed by atoms with Gasteiger partial charge >= 0.3 is 5.69 Å². The Kier molecular flexibility index (Phi) is 5.14. The zero-order valence-corrected chi connectivity index (χ0v) is 15.5. The van der Waals surface area contributed by atoms with Crippen molar-refractivity contribution in [3.05, 3.63) is 64.8 Å². The maximum atomic E-state index is 13.1. The highest BCUT2D eigenvalue weighted by atomic mass is 19.1. The van der Waals surface area contributed by atoms with Crippen molar-refractivity contribution in [2.45, 2.75) is 31.8 Å². The number of nitrogens with one attached hydrogen (secondary N) is 2. The highest BCUT2D eigenvalue weighted by molar-refractivity contribution is 5.77.